The van der Waals surface area contributed by atoms with E-state index in [1.807, 2.05) is 0 Å². The molecule has 4 bridgehead atoms. The second-order valence-electron chi connectivity index (χ2n) is 18.7. The Labute approximate surface area is 392 Å². The maximum absolute atomic E-state index is 14.8. The molecule has 1 fully saturated rings. The molecule has 9 atom stereocenters. The third-order valence-corrected chi connectivity index (χ3v) is 14.2. The summed E-state index contributed by atoms with van der Waals surface area (Å²) in [5, 5.41) is 62.0. The van der Waals surface area contributed by atoms with Crippen molar-refractivity contribution < 1.29 is 58.7 Å². The van der Waals surface area contributed by atoms with Gasteiger partial charge in [0.15, 0.2) is 11.6 Å². The van der Waals surface area contributed by atoms with Crippen LogP contribution in [0.25, 0.3) is 10.8 Å². The van der Waals surface area contributed by atoms with E-state index in [9.17, 15) is 44.9 Å². The summed E-state index contributed by atoms with van der Waals surface area (Å²) in [6.07, 6.45) is 5.65. The molecular formula is C48H61N7O13. The average molecular weight is 944 g/mol. The molecule has 3 aromatic rings. The Balaban J connectivity index is 1.34. The molecule has 0 saturated carbocycles. The van der Waals surface area contributed by atoms with Gasteiger partial charge in [0.1, 0.15) is 46.7 Å². The van der Waals surface area contributed by atoms with Gasteiger partial charge in [-0.2, -0.15) is 0 Å². The summed E-state index contributed by atoms with van der Waals surface area (Å²) in [6, 6.07) is 0. The van der Waals surface area contributed by atoms with Gasteiger partial charge in [0, 0.05) is 101 Å². The van der Waals surface area contributed by atoms with Crippen LogP contribution in [-0.2, 0) is 30.3 Å². The molecule has 1 amide bonds. The van der Waals surface area contributed by atoms with E-state index in [4.69, 9.17) is 23.9 Å². The van der Waals surface area contributed by atoms with Crippen LogP contribution in [0.5, 0.6) is 17.2 Å². The van der Waals surface area contributed by atoms with Crippen LogP contribution in [0, 0.1) is 47.6 Å². The number of esters is 1. The number of imidazole rings is 1. The zero-order valence-corrected chi connectivity index (χ0v) is 40.0. The first-order valence-corrected chi connectivity index (χ1v) is 22.8. The number of Topliss-reactive ketones (excluding diaryl/α,β-unsaturated/α-hetero) is 1. The summed E-state index contributed by atoms with van der Waals surface area (Å²) in [7, 11) is 1.45. The van der Waals surface area contributed by atoms with Crippen molar-refractivity contribution in [3.05, 3.63) is 80.1 Å². The molecule has 5 N–H and O–H groups in total. The molecule has 1 saturated heterocycles. The minimum Gasteiger partial charge on any atom is -0.507 e. The minimum atomic E-state index is -2.01. The van der Waals surface area contributed by atoms with Crippen LogP contribution in [0.15, 0.2) is 52.3 Å². The van der Waals surface area contributed by atoms with E-state index in [2.05, 4.69) is 20.2 Å². The van der Waals surface area contributed by atoms with Crippen molar-refractivity contribution in [2.45, 2.75) is 118 Å². The number of benzene rings is 2. The molecule has 9 unspecified atom stereocenters. The van der Waals surface area contributed by atoms with E-state index in [0.717, 1.165) is 0 Å². The van der Waals surface area contributed by atoms with Crippen LogP contribution in [0.1, 0.15) is 83.1 Å². The lowest BCUT2D eigenvalue weighted by atomic mass is 9.78. The highest BCUT2D eigenvalue weighted by Crippen LogP contribution is 2.51. The minimum absolute atomic E-state index is 0.00394. The third-order valence-electron chi connectivity index (χ3n) is 14.2. The van der Waals surface area contributed by atoms with E-state index in [0.29, 0.717) is 44.8 Å². The number of anilines is 1. The number of rotatable bonds is 6. The van der Waals surface area contributed by atoms with Crippen LogP contribution >= 0.6 is 0 Å². The van der Waals surface area contributed by atoms with Crippen molar-refractivity contribution in [2.75, 3.05) is 32.1 Å². The highest BCUT2D eigenvalue weighted by Gasteiger charge is 2.51. The summed E-state index contributed by atoms with van der Waals surface area (Å²) in [5.74, 6) is -7.14. The maximum atomic E-state index is 14.8. The zero-order chi connectivity index (χ0) is 49.7. The molecule has 7 rings (SSSR count). The molecule has 0 aliphatic carbocycles. The number of phenols is 2. The molecule has 2 aromatic carbocycles. The number of ether oxygens (including phenoxy) is 4. The number of ketones is 1. The average Bonchev–Trinajstić information content (AvgIpc) is 3.95. The van der Waals surface area contributed by atoms with Gasteiger partial charge in [-0.15, -0.1) is 0 Å². The number of aryl methyl sites for hydroxylation is 1. The fraction of sp³-hybridized carbons (Fsp3) is 0.542. The van der Waals surface area contributed by atoms with E-state index in [1.54, 1.807) is 51.3 Å². The fourth-order valence-corrected chi connectivity index (χ4v) is 9.88. The first kappa shape index (κ1) is 49.7. The molecule has 68 heavy (non-hydrogen) atoms. The number of nitro groups is 1. The van der Waals surface area contributed by atoms with Crippen LogP contribution in [0.2, 0.25) is 0 Å². The molecule has 20 nitrogen and oxygen atoms in total. The predicted octanol–water partition coefficient (Wildman–Crippen LogP) is 4.21. The van der Waals surface area contributed by atoms with Gasteiger partial charge >= 0.3 is 17.6 Å². The number of hydrogen-bond acceptors (Lipinski definition) is 17. The number of phenolic OH excluding ortho intramolecular Hbond substituents is 2. The molecule has 1 spiro atoms. The SMILES string of the molecule is COC1C=COC2(C)Oc3c(C)c(O)c4c(O)c(c5c(c4c3C2=O)NC2(CCN(CCn3c([N+](=O)[O-])cnc3C)CC2)N=5)=NC(=O)C(C)=CC=CC(C)C(O)C(C)C(O)C(C)C(OC(C)=O)C1C. The number of aliphatic hydroxyl groups excluding tert-OH is 2. The van der Waals surface area contributed by atoms with E-state index in [-0.39, 0.29) is 55.4 Å². The second-order valence-corrected chi connectivity index (χ2v) is 18.7. The summed E-state index contributed by atoms with van der Waals surface area (Å²) in [6.45, 7) is 16.1. The Hall–Kier alpha value is -6.22. The number of aromatic hydroxyl groups is 2. The number of methoxy groups -OCH3 is 1. The third kappa shape index (κ3) is 8.97. The summed E-state index contributed by atoms with van der Waals surface area (Å²) >= 11 is 0. The van der Waals surface area contributed by atoms with Gasteiger partial charge in [0.2, 0.25) is 0 Å². The number of amides is 1. The largest absolute Gasteiger partial charge is 0.507 e. The van der Waals surface area contributed by atoms with Crippen molar-refractivity contribution in [1.82, 2.24) is 14.5 Å². The van der Waals surface area contributed by atoms with Gasteiger partial charge < -0.3 is 54.8 Å². The number of carbonyl (C=O) groups is 3. The monoisotopic (exact) mass is 943 g/mol. The van der Waals surface area contributed by atoms with Gasteiger partial charge in [-0.1, -0.05) is 45.9 Å². The predicted molar refractivity (Wildman–Crippen MR) is 246 cm³/mol. The Morgan fingerprint density at radius 3 is 2.32 bits per heavy atom. The van der Waals surface area contributed by atoms with Crippen LogP contribution in [-0.4, -0.2) is 120 Å². The summed E-state index contributed by atoms with van der Waals surface area (Å²) < 4.78 is 25.6. The topological polar surface area (TPSA) is 270 Å². The normalized spacial score (nSPS) is 28.7. The number of likely N-dealkylation sites (tertiary alicyclic amines) is 1. The quantitative estimate of drug-likeness (QED) is 0.100. The molecular weight excluding hydrogens is 883 g/mol. The molecule has 4 aliphatic rings. The number of carbonyl (C=O) groups excluding carboxylic acids is 3. The summed E-state index contributed by atoms with van der Waals surface area (Å²) in [4.78, 5) is 68.2. The van der Waals surface area contributed by atoms with Gasteiger partial charge in [-0.05, 0) is 24.8 Å². The van der Waals surface area contributed by atoms with Crippen molar-refractivity contribution in [3.63, 3.8) is 0 Å². The summed E-state index contributed by atoms with van der Waals surface area (Å²) in [5.41, 5.74) is -0.539. The van der Waals surface area contributed by atoms with E-state index >= 15 is 0 Å². The van der Waals surface area contributed by atoms with Gasteiger partial charge in [-0.3, -0.25) is 24.3 Å². The molecule has 5 heterocycles. The first-order valence-electron chi connectivity index (χ1n) is 22.8. The van der Waals surface area contributed by atoms with Crippen molar-refractivity contribution >= 4 is 39.9 Å². The van der Waals surface area contributed by atoms with Crippen LogP contribution in [0.3, 0.4) is 0 Å². The van der Waals surface area contributed by atoms with Crippen LogP contribution in [0.4, 0.5) is 11.5 Å². The number of aromatic nitrogens is 2. The lowest BCUT2D eigenvalue weighted by Gasteiger charge is -2.38. The van der Waals surface area contributed by atoms with Gasteiger partial charge in [-0.25, -0.2) is 14.5 Å². The second kappa shape index (κ2) is 19.0. The van der Waals surface area contributed by atoms with Crippen molar-refractivity contribution in [3.8, 4) is 17.2 Å². The molecule has 0 radical (unpaired) electrons. The number of nitrogens with zero attached hydrogens (tertiary/aromatic N) is 6. The van der Waals surface area contributed by atoms with Gasteiger partial charge in [0.25, 0.3) is 11.7 Å². The lowest BCUT2D eigenvalue weighted by Crippen LogP contribution is -2.47. The number of fused-ring (bicyclic) bond motifs is 1. The highest BCUT2D eigenvalue weighted by atomic mass is 16.7. The molecule has 20 heteroatoms. The Kier molecular flexibility index (Phi) is 13.9. The molecule has 366 valence electrons. The Morgan fingerprint density at radius 1 is 0.985 bits per heavy atom. The van der Waals surface area contributed by atoms with Gasteiger partial charge in [0.05, 0.1) is 41.2 Å². The number of piperidine rings is 1. The zero-order valence-electron chi connectivity index (χ0n) is 40.0. The maximum Gasteiger partial charge on any atom is 0.342 e. The molecule has 4 aliphatic heterocycles. The standard InChI is InChI=1S/C48H61N7O13/c1-23-12-11-13-24(2)46(62)50-38-37-36(51-48(52-37)15-17-53(18-16-48)19-20-54-29(7)49-22-32(54)55(63)64)33-34(42(38)60)41(59)28(6)44-35(33)45(61)47(9,68-44)66-21-14-31(65-10)25(3)43(67-30(8)56)27(5)40(58)26(4)39(23)57/h11-14,21-23,25-27,31,39-40,43,51,57-60H,15-20H2,1-10H3. The van der Waals surface area contributed by atoms with E-state index in [1.165, 1.54) is 59.4 Å². The molecule has 1 aromatic heterocycles. The lowest BCUT2D eigenvalue weighted by molar-refractivity contribution is -0.392. The Bertz CT molecular complexity index is 2760. The number of hydrogen-bond donors (Lipinski definition) is 5. The van der Waals surface area contributed by atoms with E-state index < -0.39 is 93.6 Å². The van der Waals surface area contributed by atoms with Crippen molar-refractivity contribution in [1.29, 1.82) is 0 Å². The van der Waals surface area contributed by atoms with Crippen LogP contribution < -0.4 is 20.8 Å². The smallest absolute Gasteiger partial charge is 0.342 e. The first-order chi connectivity index (χ1) is 32.0. The number of allylic oxidation sites excluding steroid dienone is 2. The number of aliphatic hydroxyl groups is 2. The number of nitrogens with one attached hydrogen (secondary N) is 1. The highest BCUT2D eigenvalue weighted by molar-refractivity contribution is 6.21. The Morgan fingerprint density at radius 2 is 1.68 bits per heavy atom. The fourth-order valence-electron chi connectivity index (χ4n) is 9.88. The van der Waals surface area contributed by atoms with Crippen molar-refractivity contribution in [2.24, 2.45) is 33.7 Å².